The minimum absolute atomic E-state index is 0.0934. The number of piperidine rings is 1. The molecule has 1 unspecified atom stereocenters. The molecular formula is C18H29FN4O. The molecule has 0 bridgehead atoms. The highest BCUT2D eigenvalue weighted by molar-refractivity contribution is 5.37. The quantitative estimate of drug-likeness (QED) is 0.826. The van der Waals surface area contributed by atoms with Crippen molar-refractivity contribution in [2.24, 2.45) is 11.1 Å². The van der Waals surface area contributed by atoms with Crippen molar-refractivity contribution in [3.63, 3.8) is 0 Å². The van der Waals surface area contributed by atoms with Gasteiger partial charge in [-0.2, -0.15) is 0 Å². The fraction of sp³-hybridized carbons (Fsp3) is 0.778. The summed E-state index contributed by atoms with van der Waals surface area (Å²) < 4.78 is 14.4. The predicted octanol–water partition coefficient (Wildman–Crippen LogP) is 2.50. The summed E-state index contributed by atoms with van der Waals surface area (Å²) >= 11 is 0. The molecule has 0 aromatic carbocycles. The second-order valence-corrected chi connectivity index (χ2v) is 8.95. The van der Waals surface area contributed by atoms with Crippen molar-refractivity contribution in [3.8, 4) is 0 Å². The lowest BCUT2D eigenvalue weighted by atomic mass is 9.74. The van der Waals surface area contributed by atoms with Crippen molar-refractivity contribution < 1.29 is 4.39 Å². The van der Waals surface area contributed by atoms with E-state index in [1.807, 2.05) is 25.7 Å². The van der Waals surface area contributed by atoms with Gasteiger partial charge in [0, 0.05) is 36.4 Å². The molecule has 1 aliphatic carbocycles. The second-order valence-electron chi connectivity index (χ2n) is 8.95. The molecule has 1 spiro atoms. The van der Waals surface area contributed by atoms with Crippen LogP contribution < -0.4 is 16.2 Å². The van der Waals surface area contributed by atoms with Gasteiger partial charge in [0.1, 0.15) is 5.67 Å². The van der Waals surface area contributed by atoms with Gasteiger partial charge in [-0.25, -0.2) is 9.37 Å². The summed E-state index contributed by atoms with van der Waals surface area (Å²) in [5.74, 6) is 0.465. The van der Waals surface area contributed by atoms with Crippen molar-refractivity contribution in [2.45, 2.75) is 70.5 Å². The summed E-state index contributed by atoms with van der Waals surface area (Å²) in [5.41, 5.74) is 5.51. The van der Waals surface area contributed by atoms with Crippen LogP contribution in [0.4, 0.5) is 10.2 Å². The number of alkyl halides is 1. The molecule has 1 aromatic rings. The van der Waals surface area contributed by atoms with E-state index in [0.29, 0.717) is 31.7 Å². The molecule has 134 valence electrons. The van der Waals surface area contributed by atoms with E-state index in [0.717, 1.165) is 18.5 Å². The van der Waals surface area contributed by atoms with Crippen LogP contribution in [0.1, 0.15) is 59.1 Å². The van der Waals surface area contributed by atoms with E-state index in [-0.39, 0.29) is 22.4 Å². The molecule has 3 N–H and O–H groups in total. The second kappa shape index (κ2) is 5.55. The Balaban J connectivity index is 1.75. The van der Waals surface area contributed by atoms with Gasteiger partial charge in [0.15, 0.2) is 5.82 Å². The molecule has 24 heavy (non-hydrogen) atoms. The zero-order valence-corrected chi connectivity index (χ0v) is 15.2. The van der Waals surface area contributed by atoms with E-state index in [1.165, 1.54) is 0 Å². The first kappa shape index (κ1) is 17.4. The molecular weight excluding hydrogens is 307 g/mol. The average Bonchev–Trinajstić information content (AvgIpc) is 2.68. The Labute approximate surface area is 142 Å². The summed E-state index contributed by atoms with van der Waals surface area (Å²) in [7, 11) is 0. The van der Waals surface area contributed by atoms with E-state index >= 15 is 0 Å². The SMILES string of the molecule is CC1(F)C[C@@H](N)C2(CCN(c3ncc(C(C)(C)C)[nH]c3=O)CC2)C1. The number of rotatable bonds is 1. The molecule has 1 aliphatic heterocycles. The third-order valence-corrected chi connectivity index (χ3v) is 5.79. The number of nitrogens with one attached hydrogen (secondary N) is 1. The Kier molecular flexibility index (Phi) is 4.02. The largest absolute Gasteiger partial charge is 0.352 e. The summed E-state index contributed by atoms with van der Waals surface area (Å²) in [6.45, 7) is 9.19. The standard InChI is InChI=1S/C18H29FN4O/c1-16(2,3)13-10-21-14(15(24)22-13)23-7-5-18(6-8-23)11-17(4,19)9-12(18)20/h10,12H,5-9,11,20H2,1-4H3,(H,22,24)/t12-,17?/m1/s1. The van der Waals surface area contributed by atoms with Gasteiger partial charge in [0.05, 0.1) is 0 Å². The minimum atomic E-state index is -1.16. The summed E-state index contributed by atoms with van der Waals surface area (Å²) in [6, 6.07) is -0.0934. The predicted molar refractivity (Wildman–Crippen MR) is 94.2 cm³/mol. The first-order chi connectivity index (χ1) is 11.0. The van der Waals surface area contributed by atoms with Gasteiger partial charge < -0.3 is 15.6 Å². The normalized spacial score (nSPS) is 30.1. The Morgan fingerprint density at radius 1 is 1.38 bits per heavy atom. The number of nitrogens with zero attached hydrogens (tertiary/aromatic N) is 2. The molecule has 2 aliphatic rings. The van der Waals surface area contributed by atoms with E-state index in [4.69, 9.17) is 5.73 Å². The Bertz CT molecular complexity index is 668. The first-order valence-electron chi connectivity index (χ1n) is 8.82. The Morgan fingerprint density at radius 2 is 2.00 bits per heavy atom. The molecule has 1 saturated carbocycles. The molecule has 1 aromatic heterocycles. The lowest BCUT2D eigenvalue weighted by Crippen LogP contribution is -2.48. The van der Waals surface area contributed by atoms with Gasteiger partial charge in [0.2, 0.25) is 0 Å². The highest BCUT2D eigenvalue weighted by Crippen LogP contribution is 2.51. The van der Waals surface area contributed by atoms with Crippen molar-refractivity contribution in [1.29, 1.82) is 0 Å². The van der Waals surface area contributed by atoms with Crippen LogP contribution in [0.3, 0.4) is 0 Å². The highest BCUT2D eigenvalue weighted by Gasteiger charge is 2.52. The number of anilines is 1. The minimum Gasteiger partial charge on any atom is -0.352 e. The van der Waals surface area contributed by atoms with E-state index in [2.05, 4.69) is 9.97 Å². The number of hydrogen-bond acceptors (Lipinski definition) is 4. The van der Waals surface area contributed by atoms with Crippen LogP contribution in [0.5, 0.6) is 0 Å². The average molecular weight is 336 g/mol. The van der Waals surface area contributed by atoms with Crippen LogP contribution in [0.2, 0.25) is 0 Å². The highest BCUT2D eigenvalue weighted by atomic mass is 19.1. The van der Waals surface area contributed by atoms with E-state index < -0.39 is 5.67 Å². The van der Waals surface area contributed by atoms with Crippen LogP contribution in [0.15, 0.2) is 11.0 Å². The van der Waals surface area contributed by atoms with Crippen LogP contribution >= 0.6 is 0 Å². The molecule has 6 heteroatoms. The van der Waals surface area contributed by atoms with Crippen molar-refractivity contribution in [2.75, 3.05) is 18.0 Å². The van der Waals surface area contributed by atoms with Gasteiger partial charge in [-0.05, 0) is 38.0 Å². The molecule has 5 nitrogen and oxygen atoms in total. The number of halogens is 1. The van der Waals surface area contributed by atoms with Crippen LogP contribution in [-0.2, 0) is 5.41 Å². The van der Waals surface area contributed by atoms with Gasteiger partial charge in [-0.1, -0.05) is 20.8 Å². The smallest absolute Gasteiger partial charge is 0.291 e. The molecule has 0 radical (unpaired) electrons. The molecule has 1 saturated heterocycles. The van der Waals surface area contributed by atoms with Crippen molar-refractivity contribution in [3.05, 3.63) is 22.2 Å². The Morgan fingerprint density at radius 3 is 2.46 bits per heavy atom. The summed E-state index contributed by atoms with van der Waals surface area (Å²) in [5, 5.41) is 0. The topological polar surface area (TPSA) is 75.0 Å². The number of H-pyrrole nitrogens is 1. The van der Waals surface area contributed by atoms with Gasteiger partial charge in [0.25, 0.3) is 5.56 Å². The van der Waals surface area contributed by atoms with Crippen LogP contribution in [0, 0.1) is 5.41 Å². The third kappa shape index (κ3) is 3.08. The molecule has 3 rings (SSSR count). The maximum Gasteiger partial charge on any atom is 0.291 e. The third-order valence-electron chi connectivity index (χ3n) is 5.79. The fourth-order valence-electron chi connectivity index (χ4n) is 4.33. The number of aromatic amines is 1. The summed E-state index contributed by atoms with van der Waals surface area (Å²) in [4.78, 5) is 21.8. The maximum absolute atomic E-state index is 14.4. The van der Waals surface area contributed by atoms with Gasteiger partial charge >= 0.3 is 0 Å². The molecule has 0 amide bonds. The summed E-state index contributed by atoms with van der Waals surface area (Å²) in [6.07, 6.45) is 4.35. The Hall–Kier alpha value is -1.43. The fourth-order valence-corrected chi connectivity index (χ4v) is 4.33. The van der Waals surface area contributed by atoms with E-state index in [1.54, 1.807) is 13.1 Å². The maximum atomic E-state index is 14.4. The van der Waals surface area contributed by atoms with Gasteiger partial charge in [-0.15, -0.1) is 0 Å². The number of nitrogens with two attached hydrogens (primary N) is 1. The monoisotopic (exact) mass is 336 g/mol. The lowest BCUT2D eigenvalue weighted by Gasteiger charge is -2.42. The van der Waals surface area contributed by atoms with Crippen LogP contribution in [0.25, 0.3) is 0 Å². The first-order valence-corrected chi connectivity index (χ1v) is 8.82. The zero-order valence-electron chi connectivity index (χ0n) is 15.2. The molecule has 2 heterocycles. The lowest BCUT2D eigenvalue weighted by molar-refractivity contribution is 0.142. The van der Waals surface area contributed by atoms with Gasteiger partial charge in [-0.3, -0.25) is 4.79 Å². The molecule has 2 fully saturated rings. The number of aromatic nitrogens is 2. The van der Waals surface area contributed by atoms with E-state index in [9.17, 15) is 9.18 Å². The number of hydrogen-bond donors (Lipinski definition) is 2. The zero-order chi connectivity index (χ0) is 17.8. The van der Waals surface area contributed by atoms with Crippen LogP contribution in [-0.4, -0.2) is 34.8 Å². The van der Waals surface area contributed by atoms with Crippen molar-refractivity contribution >= 4 is 5.82 Å². The molecule has 2 atom stereocenters. The van der Waals surface area contributed by atoms with Crippen molar-refractivity contribution in [1.82, 2.24) is 9.97 Å².